The Morgan fingerprint density at radius 1 is 1.47 bits per heavy atom. The number of anilines is 1. The van der Waals surface area contributed by atoms with E-state index in [9.17, 15) is 4.39 Å². The summed E-state index contributed by atoms with van der Waals surface area (Å²) in [5.41, 5.74) is 1.33. The van der Waals surface area contributed by atoms with Crippen LogP contribution in [0.25, 0.3) is 5.65 Å². The summed E-state index contributed by atoms with van der Waals surface area (Å²) in [6.45, 7) is 0.966. The maximum atomic E-state index is 13.1. The highest BCUT2D eigenvalue weighted by Crippen LogP contribution is 2.20. The van der Waals surface area contributed by atoms with Gasteiger partial charge in [0.25, 0.3) is 0 Å². The lowest BCUT2D eigenvalue weighted by Crippen LogP contribution is -2.22. The lowest BCUT2D eigenvalue weighted by molar-refractivity contribution is 0.274. The molecule has 90 valence electrons. The summed E-state index contributed by atoms with van der Waals surface area (Å²) < 4.78 is 14.7. The van der Waals surface area contributed by atoms with E-state index in [0.717, 1.165) is 5.82 Å². The minimum atomic E-state index is -0.771. The summed E-state index contributed by atoms with van der Waals surface area (Å²) in [4.78, 5) is 6.03. The maximum absolute atomic E-state index is 13.1. The lowest BCUT2D eigenvalue weighted by atomic mass is 10.3. The second-order valence-electron chi connectivity index (χ2n) is 4.20. The fourth-order valence-electron chi connectivity index (χ4n) is 2.11. The highest BCUT2D eigenvalue weighted by molar-refractivity contribution is 5.47. The van der Waals surface area contributed by atoms with Crippen LogP contribution in [0.15, 0.2) is 18.3 Å². The molecule has 1 unspecified atom stereocenters. The summed E-state index contributed by atoms with van der Waals surface area (Å²) >= 11 is 0. The molecule has 1 atom stereocenters. The zero-order valence-electron chi connectivity index (χ0n) is 9.25. The molecule has 1 aliphatic heterocycles. The molecule has 3 rings (SSSR count). The molecule has 0 amide bonds. The van der Waals surface area contributed by atoms with Gasteiger partial charge in [0.1, 0.15) is 12.0 Å². The van der Waals surface area contributed by atoms with Crippen molar-refractivity contribution in [2.45, 2.75) is 19.2 Å². The Labute approximate surface area is 97.5 Å². The summed E-state index contributed by atoms with van der Waals surface area (Å²) in [6.07, 6.45) is 1.37. The molecule has 1 fully saturated rings. The van der Waals surface area contributed by atoms with Gasteiger partial charge in [-0.2, -0.15) is 0 Å². The Morgan fingerprint density at radius 3 is 3.06 bits per heavy atom. The fraction of sp³-hybridized carbons (Fsp3) is 0.455. The van der Waals surface area contributed by atoms with Crippen molar-refractivity contribution in [2.24, 2.45) is 0 Å². The molecule has 0 aliphatic carbocycles. The molecule has 1 aliphatic rings. The van der Waals surface area contributed by atoms with Gasteiger partial charge in [-0.25, -0.2) is 13.9 Å². The van der Waals surface area contributed by atoms with E-state index < -0.39 is 6.17 Å². The van der Waals surface area contributed by atoms with Gasteiger partial charge in [-0.1, -0.05) is 0 Å². The third-order valence-electron chi connectivity index (χ3n) is 3.04. The maximum Gasteiger partial charge on any atom is 0.154 e. The molecule has 0 aromatic carbocycles. The molecule has 0 saturated carbocycles. The van der Waals surface area contributed by atoms with E-state index in [1.807, 2.05) is 17.0 Å². The number of aliphatic hydroxyl groups excluding tert-OH is 1. The molecule has 5 nitrogen and oxygen atoms in total. The van der Waals surface area contributed by atoms with Crippen molar-refractivity contribution in [1.29, 1.82) is 0 Å². The van der Waals surface area contributed by atoms with Gasteiger partial charge in [0.2, 0.25) is 0 Å². The van der Waals surface area contributed by atoms with E-state index in [-0.39, 0.29) is 6.61 Å². The SMILES string of the molecule is OCc1cnc2ccc(N3CCC(F)C3)nn12. The Kier molecular flexibility index (Phi) is 2.44. The minimum Gasteiger partial charge on any atom is -0.390 e. The topological polar surface area (TPSA) is 53.7 Å². The smallest absolute Gasteiger partial charge is 0.154 e. The molecule has 2 aromatic rings. The third-order valence-corrected chi connectivity index (χ3v) is 3.04. The number of aliphatic hydroxyl groups is 1. The van der Waals surface area contributed by atoms with Crippen molar-refractivity contribution in [3.05, 3.63) is 24.0 Å². The van der Waals surface area contributed by atoms with Crippen molar-refractivity contribution < 1.29 is 9.50 Å². The molecule has 0 spiro atoms. The van der Waals surface area contributed by atoms with Crippen LogP contribution >= 0.6 is 0 Å². The normalized spacial score (nSPS) is 20.4. The zero-order valence-corrected chi connectivity index (χ0v) is 9.25. The first-order chi connectivity index (χ1) is 8.28. The van der Waals surface area contributed by atoms with Crippen LogP contribution in [0.1, 0.15) is 12.1 Å². The fourth-order valence-corrected chi connectivity index (χ4v) is 2.11. The largest absolute Gasteiger partial charge is 0.390 e. The van der Waals surface area contributed by atoms with E-state index in [2.05, 4.69) is 10.1 Å². The highest BCUT2D eigenvalue weighted by Gasteiger charge is 2.23. The Morgan fingerprint density at radius 2 is 2.35 bits per heavy atom. The minimum absolute atomic E-state index is 0.108. The van der Waals surface area contributed by atoms with Crippen LogP contribution in [0.4, 0.5) is 10.2 Å². The average Bonchev–Trinajstić information content (AvgIpc) is 2.94. The molecule has 1 saturated heterocycles. The molecule has 2 aromatic heterocycles. The van der Waals surface area contributed by atoms with Gasteiger partial charge in [-0.15, -0.1) is 5.10 Å². The number of imidazole rings is 1. The molecule has 3 heterocycles. The number of hydrogen-bond donors (Lipinski definition) is 1. The number of fused-ring (bicyclic) bond motifs is 1. The van der Waals surface area contributed by atoms with Gasteiger partial charge in [0.15, 0.2) is 5.65 Å². The Balaban J connectivity index is 2.00. The Bertz CT molecular complexity index is 541. The van der Waals surface area contributed by atoms with E-state index in [0.29, 0.717) is 30.9 Å². The predicted octanol–water partition coefficient (Wildman–Crippen LogP) is 0.770. The first-order valence-corrected chi connectivity index (χ1v) is 5.61. The number of nitrogens with zero attached hydrogens (tertiary/aromatic N) is 4. The van der Waals surface area contributed by atoms with Gasteiger partial charge < -0.3 is 10.0 Å². The lowest BCUT2D eigenvalue weighted by Gasteiger charge is -2.16. The van der Waals surface area contributed by atoms with Crippen LogP contribution in [-0.2, 0) is 6.61 Å². The van der Waals surface area contributed by atoms with Gasteiger partial charge in [0.05, 0.1) is 25.0 Å². The second-order valence-corrected chi connectivity index (χ2v) is 4.20. The predicted molar refractivity (Wildman–Crippen MR) is 60.6 cm³/mol. The molecule has 17 heavy (non-hydrogen) atoms. The van der Waals surface area contributed by atoms with Crippen LogP contribution in [0.2, 0.25) is 0 Å². The van der Waals surface area contributed by atoms with Crippen LogP contribution < -0.4 is 4.90 Å². The first-order valence-electron chi connectivity index (χ1n) is 5.61. The Hall–Kier alpha value is -1.69. The van der Waals surface area contributed by atoms with Gasteiger partial charge >= 0.3 is 0 Å². The summed E-state index contributed by atoms with van der Waals surface area (Å²) in [6, 6.07) is 3.66. The number of halogens is 1. The first kappa shape index (κ1) is 10.5. The molecule has 1 N–H and O–H groups in total. The van der Waals surface area contributed by atoms with Crippen molar-refractivity contribution in [3.63, 3.8) is 0 Å². The van der Waals surface area contributed by atoms with Crippen molar-refractivity contribution in [2.75, 3.05) is 18.0 Å². The summed E-state index contributed by atoms with van der Waals surface area (Å²) in [5, 5.41) is 13.5. The van der Waals surface area contributed by atoms with Gasteiger partial charge in [0, 0.05) is 6.54 Å². The third kappa shape index (κ3) is 1.74. The van der Waals surface area contributed by atoms with Crippen LogP contribution in [0.3, 0.4) is 0 Å². The number of hydrogen-bond acceptors (Lipinski definition) is 4. The average molecular weight is 236 g/mol. The summed E-state index contributed by atoms with van der Waals surface area (Å²) in [5.74, 6) is 0.727. The number of aromatic nitrogens is 3. The van der Waals surface area contributed by atoms with Crippen molar-refractivity contribution >= 4 is 11.5 Å². The van der Waals surface area contributed by atoms with Crippen LogP contribution in [-0.4, -0.2) is 39.0 Å². The van der Waals surface area contributed by atoms with Crippen LogP contribution in [0.5, 0.6) is 0 Å². The van der Waals surface area contributed by atoms with Gasteiger partial charge in [-0.3, -0.25) is 0 Å². The molecular formula is C11H13FN4O. The van der Waals surface area contributed by atoms with Gasteiger partial charge in [-0.05, 0) is 18.6 Å². The summed E-state index contributed by atoms with van der Waals surface area (Å²) in [7, 11) is 0. The monoisotopic (exact) mass is 236 g/mol. The quantitative estimate of drug-likeness (QED) is 0.836. The number of rotatable bonds is 2. The standard InChI is InChI=1S/C11H13FN4O/c12-8-3-4-15(6-8)11-2-1-10-13-5-9(7-17)16(10)14-11/h1-2,5,8,17H,3-4,6-7H2. The molecular weight excluding hydrogens is 223 g/mol. The van der Waals surface area contributed by atoms with E-state index in [4.69, 9.17) is 5.11 Å². The molecule has 6 heteroatoms. The highest BCUT2D eigenvalue weighted by atomic mass is 19.1. The van der Waals surface area contributed by atoms with Crippen molar-refractivity contribution in [1.82, 2.24) is 14.6 Å². The van der Waals surface area contributed by atoms with E-state index >= 15 is 0 Å². The van der Waals surface area contributed by atoms with Crippen LogP contribution in [0, 0.1) is 0 Å². The van der Waals surface area contributed by atoms with Crippen molar-refractivity contribution in [3.8, 4) is 0 Å². The second kappa shape index (κ2) is 3.96. The molecule has 0 radical (unpaired) electrons. The van der Waals surface area contributed by atoms with E-state index in [1.165, 1.54) is 0 Å². The zero-order chi connectivity index (χ0) is 11.8. The van der Waals surface area contributed by atoms with E-state index in [1.54, 1.807) is 10.7 Å². The number of alkyl halides is 1. The molecule has 0 bridgehead atoms.